The number of nitrogens with two attached hydrogens (primary N) is 1. The van der Waals surface area contributed by atoms with Crippen molar-refractivity contribution in [3.63, 3.8) is 0 Å². The first kappa shape index (κ1) is 12.8. The highest BCUT2D eigenvalue weighted by atomic mass is 15.0. The van der Waals surface area contributed by atoms with Crippen LogP contribution in [0.15, 0.2) is 24.4 Å². The fourth-order valence-electron chi connectivity index (χ4n) is 2.06. The van der Waals surface area contributed by atoms with Gasteiger partial charge in [0.2, 0.25) is 0 Å². The molecule has 1 aromatic carbocycles. The molecule has 0 aliphatic carbocycles. The van der Waals surface area contributed by atoms with Crippen LogP contribution in [0, 0.1) is 13.8 Å². The molecule has 0 fully saturated rings. The molecule has 0 radical (unpaired) electrons. The molecule has 0 saturated heterocycles. The van der Waals surface area contributed by atoms with Gasteiger partial charge in [-0.2, -0.15) is 0 Å². The Morgan fingerprint density at radius 1 is 1.22 bits per heavy atom. The number of H-pyrrole nitrogens is 1. The number of aromatic nitrogens is 2. The second-order valence-corrected chi connectivity index (χ2v) is 5.29. The summed E-state index contributed by atoms with van der Waals surface area (Å²) < 4.78 is 0. The lowest BCUT2D eigenvalue weighted by atomic mass is 10.00. The van der Waals surface area contributed by atoms with Crippen molar-refractivity contribution in [3.05, 3.63) is 41.3 Å². The van der Waals surface area contributed by atoms with Gasteiger partial charge in [-0.3, -0.25) is 0 Å². The van der Waals surface area contributed by atoms with E-state index < -0.39 is 5.54 Å². The molecule has 1 aromatic heterocycles. The maximum Gasteiger partial charge on any atom is 0.126 e. The average molecular weight is 243 g/mol. The van der Waals surface area contributed by atoms with Gasteiger partial charge in [-0.25, -0.2) is 4.98 Å². The summed E-state index contributed by atoms with van der Waals surface area (Å²) in [6, 6.07) is 6.48. The summed E-state index contributed by atoms with van der Waals surface area (Å²) in [5.41, 5.74) is 10.5. The SMILES string of the molecule is CCC(C)(N)c1ncc(-c2cc(C)cc(C)c2)[nH]1. The van der Waals surface area contributed by atoms with Crippen LogP contribution >= 0.6 is 0 Å². The molecule has 1 heterocycles. The van der Waals surface area contributed by atoms with Gasteiger partial charge in [-0.15, -0.1) is 0 Å². The van der Waals surface area contributed by atoms with Gasteiger partial charge in [0.25, 0.3) is 0 Å². The minimum atomic E-state index is -0.392. The number of nitrogens with one attached hydrogen (secondary N) is 1. The number of aromatic amines is 1. The van der Waals surface area contributed by atoms with Gasteiger partial charge in [0.1, 0.15) is 5.82 Å². The summed E-state index contributed by atoms with van der Waals surface area (Å²) in [6.07, 6.45) is 2.72. The van der Waals surface area contributed by atoms with E-state index >= 15 is 0 Å². The van der Waals surface area contributed by atoms with Gasteiger partial charge in [-0.1, -0.05) is 24.1 Å². The van der Waals surface area contributed by atoms with Gasteiger partial charge >= 0.3 is 0 Å². The molecule has 0 aliphatic rings. The van der Waals surface area contributed by atoms with E-state index in [4.69, 9.17) is 5.73 Å². The van der Waals surface area contributed by atoms with Crippen molar-refractivity contribution in [3.8, 4) is 11.3 Å². The maximum absolute atomic E-state index is 6.19. The number of hydrogen-bond donors (Lipinski definition) is 2. The molecule has 3 N–H and O–H groups in total. The number of aryl methyl sites for hydroxylation is 2. The number of nitrogens with zero attached hydrogens (tertiary/aromatic N) is 1. The van der Waals surface area contributed by atoms with E-state index in [2.05, 4.69) is 48.9 Å². The van der Waals surface area contributed by atoms with Crippen molar-refractivity contribution in [2.75, 3.05) is 0 Å². The molecule has 0 saturated carbocycles. The average Bonchev–Trinajstić information content (AvgIpc) is 2.77. The van der Waals surface area contributed by atoms with Crippen molar-refractivity contribution in [1.29, 1.82) is 0 Å². The van der Waals surface area contributed by atoms with E-state index in [0.717, 1.165) is 23.5 Å². The van der Waals surface area contributed by atoms with Crippen molar-refractivity contribution in [1.82, 2.24) is 9.97 Å². The Balaban J connectivity index is 2.41. The van der Waals surface area contributed by atoms with Crippen LogP contribution in [0.5, 0.6) is 0 Å². The van der Waals surface area contributed by atoms with Crippen LogP contribution in [0.3, 0.4) is 0 Å². The third-order valence-corrected chi connectivity index (χ3v) is 3.38. The van der Waals surface area contributed by atoms with E-state index in [1.54, 1.807) is 0 Å². The van der Waals surface area contributed by atoms with Gasteiger partial charge in [-0.05, 0) is 39.3 Å². The minimum absolute atomic E-state index is 0.392. The molecule has 1 unspecified atom stereocenters. The second kappa shape index (κ2) is 4.58. The number of rotatable bonds is 3. The molecule has 2 aromatic rings. The van der Waals surface area contributed by atoms with Crippen molar-refractivity contribution >= 4 is 0 Å². The molecule has 3 heteroatoms. The van der Waals surface area contributed by atoms with Crippen LogP contribution in [0.2, 0.25) is 0 Å². The first-order valence-corrected chi connectivity index (χ1v) is 6.35. The van der Waals surface area contributed by atoms with Crippen LogP contribution in [-0.4, -0.2) is 9.97 Å². The van der Waals surface area contributed by atoms with Crippen LogP contribution in [0.1, 0.15) is 37.2 Å². The predicted molar refractivity (Wildman–Crippen MR) is 75.3 cm³/mol. The summed E-state index contributed by atoms with van der Waals surface area (Å²) in [4.78, 5) is 7.75. The molecule has 18 heavy (non-hydrogen) atoms. The highest BCUT2D eigenvalue weighted by Gasteiger charge is 2.22. The van der Waals surface area contributed by atoms with Gasteiger partial charge < -0.3 is 10.7 Å². The minimum Gasteiger partial charge on any atom is -0.340 e. The summed E-state index contributed by atoms with van der Waals surface area (Å²) in [6.45, 7) is 8.27. The topological polar surface area (TPSA) is 54.7 Å². The molecular weight excluding hydrogens is 222 g/mol. The standard InChI is InChI=1S/C15H21N3/c1-5-15(4,16)14-17-9-13(18-14)12-7-10(2)6-11(3)8-12/h6-9H,5,16H2,1-4H3,(H,17,18). The zero-order valence-electron chi connectivity index (χ0n) is 11.5. The van der Waals surface area contributed by atoms with Crippen molar-refractivity contribution < 1.29 is 0 Å². The van der Waals surface area contributed by atoms with E-state index in [9.17, 15) is 0 Å². The molecule has 0 spiro atoms. The Morgan fingerprint density at radius 3 is 2.39 bits per heavy atom. The van der Waals surface area contributed by atoms with E-state index in [1.807, 2.05) is 13.1 Å². The highest BCUT2D eigenvalue weighted by molar-refractivity contribution is 5.60. The van der Waals surface area contributed by atoms with Crippen LogP contribution in [0.4, 0.5) is 0 Å². The Hall–Kier alpha value is -1.61. The van der Waals surface area contributed by atoms with E-state index in [1.165, 1.54) is 11.1 Å². The normalized spacial score (nSPS) is 14.5. The molecule has 0 bridgehead atoms. The molecule has 2 rings (SSSR count). The van der Waals surface area contributed by atoms with Crippen molar-refractivity contribution in [2.45, 2.75) is 39.7 Å². The van der Waals surface area contributed by atoms with Gasteiger partial charge in [0.05, 0.1) is 17.4 Å². The number of imidazole rings is 1. The predicted octanol–water partition coefficient (Wildman–Crippen LogP) is 3.28. The van der Waals surface area contributed by atoms with E-state index in [-0.39, 0.29) is 0 Å². The number of benzene rings is 1. The molecule has 0 amide bonds. The molecule has 3 nitrogen and oxygen atoms in total. The van der Waals surface area contributed by atoms with Gasteiger partial charge in [0, 0.05) is 5.56 Å². The molecule has 1 atom stereocenters. The second-order valence-electron chi connectivity index (χ2n) is 5.29. The first-order chi connectivity index (χ1) is 8.42. The zero-order valence-corrected chi connectivity index (χ0v) is 11.5. The van der Waals surface area contributed by atoms with Crippen LogP contribution < -0.4 is 5.73 Å². The highest BCUT2D eigenvalue weighted by Crippen LogP contribution is 2.24. The lowest BCUT2D eigenvalue weighted by molar-refractivity contribution is 0.450. The molecular formula is C15H21N3. The Labute approximate surface area is 108 Å². The first-order valence-electron chi connectivity index (χ1n) is 6.35. The van der Waals surface area contributed by atoms with Crippen LogP contribution in [0.25, 0.3) is 11.3 Å². The molecule has 0 aliphatic heterocycles. The quantitative estimate of drug-likeness (QED) is 0.869. The van der Waals surface area contributed by atoms with E-state index in [0.29, 0.717) is 0 Å². The summed E-state index contributed by atoms with van der Waals surface area (Å²) >= 11 is 0. The lowest BCUT2D eigenvalue weighted by Gasteiger charge is -2.19. The lowest BCUT2D eigenvalue weighted by Crippen LogP contribution is -2.33. The third kappa shape index (κ3) is 2.46. The molecule has 96 valence electrons. The van der Waals surface area contributed by atoms with Crippen LogP contribution in [-0.2, 0) is 5.54 Å². The summed E-state index contributed by atoms with van der Waals surface area (Å²) in [5.74, 6) is 0.846. The maximum atomic E-state index is 6.19. The fraction of sp³-hybridized carbons (Fsp3) is 0.400. The van der Waals surface area contributed by atoms with Gasteiger partial charge in [0.15, 0.2) is 0 Å². The number of hydrogen-bond acceptors (Lipinski definition) is 2. The summed E-state index contributed by atoms with van der Waals surface area (Å²) in [7, 11) is 0. The Kier molecular flexibility index (Phi) is 3.26. The smallest absolute Gasteiger partial charge is 0.126 e. The summed E-state index contributed by atoms with van der Waals surface area (Å²) in [5, 5.41) is 0. The largest absolute Gasteiger partial charge is 0.340 e. The zero-order chi connectivity index (χ0) is 13.3. The fourth-order valence-corrected chi connectivity index (χ4v) is 2.06. The van der Waals surface area contributed by atoms with Crippen molar-refractivity contribution in [2.24, 2.45) is 5.73 Å². The third-order valence-electron chi connectivity index (χ3n) is 3.38. The Bertz CT molecular complexity index is 532. The monoisotopic (exact) mass is 243 g/mol. The Morgan fingerprint density at radius 2 is 1.83 bits per heavy atom.